The summed E-state index contributed by atoms with van der Waals surface area (Å²) in [5, 5.41) is 3.85. The number of nitrogens with one attached hydrogen (secondary N) is 1. The fraction of sp³-hybridized carbons (Fsp3) is 0.783. The molecule has 2 aliphatic heterocycles. The van der Waals surface area contributed by atoms with E-state index in [1.165, 1.54) is 62.8 Å². The van der Waals surface area contributed by atoms with E-state index in [9.17, 15) is 0 Å². The molecule has 4 atom stereocenters. The maximum atomic E-state index is 5.12. The molecule has 4 aliphatic rings. The molecule has 4 unspecified atom stereocenters. The highest BCUT2D eigenvalue weighted by Gasteiger charge is 2.46. The smallest absolute Gasteiger partial charge is 0.0540 e. The first-order valence-electron chi connectivity index (χ1n) is 10.6. The van der Waals surface area contributed by atoms with E-state index in [2.05, 4.69) is 51.2 Å². The summed E-state index contributed by atoms with van der Waals surface area (Å²) < 4.78 is 0. The van der Waals surface area contributed by atoms with Gasteiger partial charge in [-0.1, -0.05) is 59.5 Å². The average Bonchev–Trinajstić information content (AvgIpc) is 3.00. The zero-order valence-corrected chi connectivity index (χ0v) is 16.6. The third kappa shape index (κ3) is 2.90. The highest BCUT2D eigenvalue weighted by Crippen LogP contribution is 2.48. The molecule has 4 rings (SSSR count). The molecule has 1 saturated heterocycles. The van der Waals surface area contributed by atoms with Crippen LogP contribution in [0.15, 0.2) is 28.9 Å². The molecule has 0 amide bonds. The van der Waals surface area contributed by atoms with Crippen LogP contribution >= 0.6 is 0 Å². The van der Waals surface area contributed by atoms with Gasteiger partial charge in [-0.3, -0.25) is 4.99 Å². The molecule has 3 fully saturated rings. The van der Waals surface area contributed by atoms with Crippen LogP contribution < -0.4 is 5.32 Å². The van der Waals surface area contributed by atoms with Gasteiger partial charge in [0.15, 0.2) is 0 Å². The summed E-state index contributed by atoms with van der Waals surface area (Å²) in [5.74, 6) is 1.57. The molecule has 2 heterocycles. The Balaban J connectivity index is 1.51. The second-order valence-corrected chi connectivity index (χ2v) is 10.00. The minimum absolute atomic E-state index is 0.243. The summed E-state index contributed by atoms with van der Waals surface area (Å²) >= 11 is 0. The summed E-state index contributed by atoms with van der Waals surface area (Å²) in [6.45, 7) is 9.68. The van der Waals surface area contributed by atoms with Crippen LogP contribution in [0.3, 0.4) is 0 Å². The second kappa shape index (κ2) is 6.28. The van der Waals surface area contributed by atoms with Crippen LogP contribution in [0.4, 0.5) is 0 Å². The van der Waals surface area contributed by atoms with Gasteiger partial charge in [0.1, 0.15) is 0 Å². The molecule has 25 heavy (non-hydrogen) atoms. The fourth-order valence-electron chi connectivity index (χ4n) is 6.15. The quantitative estimate of drug-likeness (QED) is 0.689. The van der Waals surface area contributed by atoms with Crippen molar-refractivity contribution in [3.63, 3.8) is 0 Å². The number of fused-ring (bicyclic) bond motifs is 2. The summed E-state index contributed by atoms with van der Waals surface area (Å²) in [4.78, 5) is 5.12. The molecule has 2 aliphatic carbocycles. The zero-order chi connectivity index (χ0) is 17.7. The van der Waals surface area contributed by atoms with Crippen molar-refractivity contribution >= 4 is 5.71 Å². The maximum absolute atomic E-state index is 5.12. The molecule has 0 bridgehead atoms. The molecular formula is C23H36N2. The van der Waals surface area contributed by atoms with E-state index in [4.69, 9.17) is 4.99 Å². The first-order chi connectivity index (χ1) is 11.9. The molecule has 0 spiro atoms. The van der Waals surface area contributed by atoms with Crippen molar-refractivity contribution in [1.29, 1.82) is 0 Å². The highest BCUT2D eigenvalue weighted by molar-refractivity contribution is 6.01. The molecule has 0 aromatic heterocycles. The maximum Gasteiger partial charge on any atom is 0.0540 e. The van der Waals surface area contributed by atoms with E-state index >= 15 is 0 Å². The molecule has 2 heteroatoms. The molecule has 1 N–H and O–H groups in total. The summed E-state index contributed by atoms with van der Waals surface area (Å²) in [6.07, 6.45) is 17.9. The van der Waals surface area contributed by atoms with Crippen LogP contribution in [0.1, 0.15) is 79.1 Å². The molecule has 2 nitrogen and oxygen atoms in total. The van der Waals surface area contributed by atoms with Crippen LogP contribution in [0.5, 0.6) is 0 Å². The molecule has 0 aromatic rings. The van der Waals surface area contributed by atoms with E-state index in [1.54, 1.807) is 0 Å². The van der Waals surface area contributed by atoms with Crippen molar-refractivity contribution < 1.29 is 0 Å². The van der Waals surface area contributed by atoms with Gasteiger partial charge in [-0.2, -0.15) is 0 Å². The van der Waals surface area contributed by atoms with E-state index in [0.29, 0.717) is 12.1 Å². The van der Waals surface area contributed by atoms with Crippen molar-refractivity contribution in [1.82, 2.24) is 5.32 Å². The molecular weight excluding hydrogens is 304 g/mol. The van der Waals surface area contributed by atoms with Gasteiger partial charge < -0.3 is 5.32 Å². The first kappa shape index (κ1) is 17.4. The number of rotatable bonds is 2. The standard InChI is InChI=1S/C23H36N2/c1-22(2)16-10-5-7-12-18(16)24-20(22)14-9-15-21-23(3,4)17-11-6-8-13-19(17)25-21/h9,14-19,24H,5-8,10-13H2,1-4H3/b15-9+,20-14-. The zero-order valence-electron chi connectivity index (χ0n) is 16.6. The van der Waals surface area contributed by atoms with Gasteiger partial charge in [0.2, 0.25) is 0 Å². The van der Waals surface area contributed by atoms with Gasteiger partial charge in [0.25, 0.3) is 0 Å². The Morgan fingerprint density at radius 3 is 2.28 bits per heavy atom. The van der Waals surface area contributed by atoms with Gasteiger partial charge in [-0.25, -0.2) is 0 Å². The average molecular weight is 341 g/mol. The lowest BCUT2D eigenvalue weighted by atomic mass is 9.69. The molecule has 138 valence electrons. The van der Waals surface area contributed by atoms with Gasteiger partial charge >= 0.3 is 0 Å². The monoisotopic (exact) mass is 340 g/mol. The minimum atomic E-state index is 0.243. The number of nitrogens with zero attached hydrogens (tertiary/aromatic N) is 1. The van der Waals surface area contributed by atoms with Crippen LogP contribution in [0.2, 0.25) is 0 Å². The van der Waals surface area contributed by atoms with E-state index < -0.39 is 0 Å². The third-order valence-corrected chi connectivity index (χ3v) is 7.87. The minimum Gasteiger partial charge on any atom is -0.385 e. The number of hydrogen-bond donors (Lipinski definition) is 1. The summed E-state index contributed by atoms with van der Waals surface area (Å²) in [5.41, 5.74) is 3.30. The lowest BCUT2D eigenvalue weighted by Gasteiger charge is -2.33. The highest BCUT2D eigenvalue weighted by atomic mass is 15.0. The normalized spacial score (nSPS) is 40.6. The lowest BCUT2D eigenvalue weighted by molar-refractivity contribution is 0.216. The Kier molecular flexibility index (Phi) is 4.37. The first-order valence-corrected chi connectivity index (χ1v) is 10.6. The van der Waals surface area contributed by atoms with E-state index in [1.807, 2.05) is 0 Å². The molecule has 0 radical (unpaired) electrons. The Morgan fingerprint density at radius 2 is 1.56 bits per heavy atom. The van der Waals surface area contributed by atoms with Crippen molar-refractivity contribution in [3.8, 4) is 0 Å². The SMILES string of the molecule is CC1(C)C(/C=C/C=C2\NC3CCCCC3C2(C)C)=NC2CCCCC21. The molecule has 2 saturated carbocycles. The van der Waals surface area contributed by atoms with Crippen molar-refractivity contribution in [2.45, 2.75) is 91.1 Å². The second-order valence-electron chi connectivity index (χ2n) is 10.00. The van der Waals surface area contributed by atoms with Gasteiger partial charge in [0.05, 0.1) is 6.04 Å². The predicted molar refractivity (Wildman–Crippen MR) is 107 cm³/mol. The Labute approximate surface area is 154 Å². The number of aliphatic imine (C=N–C) groups is 1. The Bertz CT molecular complexity index is 608. The number of hydrogen-bond acceptors (Lipinski definition) is 2. The van der Waals surface area contributed by atoms with Crippen LogP contribution in [-0.2, 0) is 0 Å². The van der Waals surface area contributed by atoms with Gasteiger partial charge in [-0.05, 0) is 49.7 Å². The summed E-state index contributed by atoms with van der Waals surface area (Å²) in [6, 6.07) is 1.28. The molecule has 0 aromatic carbocycles. The van der Waals surface area contributed by atoms with Crippen LogP contribution in [0, 0.1) is 22.7 Å². The van der Waals surface area contributed by atoms with Gasteiger partial charge in [0, 0.05) is 28.3 Å². The third-order valence-electron chi connectivity index (χ3n) is 7.87. The van der Waals surface area contributed by atoms with E-state index in [0.717, 1.165) is 11.8 Å². The Morgan fingerprint density at radius 1 is 0.880 bits per heavy atom. The van der Waals surface area contributed by atoms with Crippen LogP contribution in [0.25, 0.3) is 0 Å². The Hall–Kier alpha value is -1.05. The van der Waals surface area contributed by atoms with E-state index in [-0.39, 0.29) is 10.8 Å². The number of allylic oxidation sites excluding steroid dienone is 4. The topological polar surface area (TPSA) is 24.4 Å². The fourth-order valence-corrected chi connectivity index (χ4v) is 6.15. The lowest BCUT2D eigenvalue weighted by Crippen LogP contribution is -2.33. The predicted octanol–water partition coefficient (Wildman–Crippen LogP) is 5.65. The van der Waals surface area contributed by atoms with Crippen molar-refractivity contribution in [2.75, 3.05) is 0 Å². The van der Waals surface area contributed by atoms with Crippen molar-refractivity contribution in [2.24, 2.45) is 27.7 Å². The van der Waals surface area contributed by atoms with Crippen molar-refractivity contribution in [3.05, 3.63) is 23.9 Å². The van der Waals surface area contributed by atoms with Gasteiger partial charge in [-0.15, -0.1) is 0 Å². The van der Waals surface area contributed by atoms with Crippen LogP contribution in [-0.4, -0.2) is 17.8 Å². The largest absolute Gasteiger partial charge is 0.385 e. The summed E-state index contributed by atoms with van der Waals surface area (Å²) in [7, 11) is 0.